The van der Waals surface area contributed by atoms with Crippen LogP contribution in [-0.2, 0) is 6.42 Å². The number of nitrogen functional groups attached to an aromatic ring is 1. The van der Waals surface area contributed by atoms with Crippen molar-refractivity contribution in [2.75, 3.05) is 5.73 Å². The normalized spacial score (nSPS) is 11.2. The van der Waals surface area contributed by atoms with Crippen molar-refractivity contribution in [3.05, 3.63) is 65.5 Å². The van der Waals surface area contributed by atoms with Crippen molar-refractivity contribution in [2.45, 2.75) is 13.3 Å². The van der Waals surface area contributed by atoms with Crippen LogP contribution in [0.2, 0.25) is 0 Å². The summed E-state index contributed by atoms with van der Waals surface area (Å²) in [4.78, 5) is 0.805. The van der Waals surface area contributed by atoms with Gasteiger partial charge in [0.2, 0.25) is 4.96 Å². The molecule has 0 atom stereocenters. The molecule has 0 saturated heterocycles. The summed E-state index contributed by atoms with van der Waals surface area (Å²) in [6.45, 7) is 2.08. The smallest absolute Gasteiger partial charge is 0.234 e. The van der Waals surface area contributed by atoms with Gasteiger partial charge >= 0.3 is 0 Å². The molecule has 2 N–H and O–H groups in total. The van der Waals surface area contributed by atoms with E-state index >= 15 is 0 Å². The van der Waals surface area contributed by atoms with Crippen LogP contribution < -0.4 is 5.73 Å². The second kappa shape index (κ2) is 5.48. The lowest BCUT2D eigenvalue weighted by molar-refractivity contribution is 0.854. The largest absolute Gasteiger partial charge is 0.399 e. The maximum absolute atomic E-state index is 5.74. The van der Waals surface area contributed by atoms with Crippen molar-refractivity contribution in [2.24, 2.45) is 0 Å². The third-order valence-electron chi connectivity index (χ3n) is 3.70. The Kier molecular flexibility index (Phi) is 3.31. The van der Waals surface area contributed by atoms with Gasteiger partial charge in [-0.3, -0.25) is 0 Å². The molecule has 0 spiro atoms. The third kappa shape index (κ3) is 2.68. The predicted octanol–water partition coefficient (Wildman–Crippen LogP) is 3.33. The molecule has 4 rings (SSSR count). The van der Waals surface area contributed by atoms with Gasteiger partial charge < -0.3 is 5.73 Å². The fraction of sp³-hybridized carbons (Fsp3) is 0.118. The van der Waals surface area contributed by atoms with Gasteiger partial charge in [0.15, 0.2) is 5.82 Å². The van der Waals surface area contributed by atoms with Crippen LogP contribution in [0.15, 0.2) is 48.5 Å². The van der Waals surface area contributed by atoms with Crippen LogP contribution in [0.1, 0.15) is 17.0 Å². The van der Waals surface area contributed by atoms with Gasteiger partial charge in [0, 0.05) is 17.7 Å². The average Bonchev–Trinajstić information content (AvgIpc) is 3.12. The Morgan fingerprint density at radius 1 is 1.00 bits per heavy atom. The zero-order chi connectivity index (χ0) is 15.8. The van der Waals surface area contributed by atoms with Crippen molar-refractivity contribution in [1.29, 1.82) is 0 Å². The van der Waals surface area contributed by atoms with Gasteiger partial charge in [-0.2, -0.15) is 9.61 Å². The second-order valence-corrected chi connectivity index (χ2v) is 6.46. The second-order valence-electron chi connectivity index (χ2n) is 5.50. The summed E-state index contributed by atoms with van der Waals surface area (Å²) in [6, 6.07) is 16.1. The number of hydrogen-bond acceptors (Lipinski definition) is 5. The van der Waals surface area contributed by atoms with Crippen LogP contribution in [0.3, 0.4) is 0 Å². The number of aromatic nitrogens is 4. The van der Waals surface area contributed by atoms with E-state index in [1.807, 2.05) is 28.8 Å². The fourth-order valence-corrected chi connectivity index (χ4v) is 3.26. The van der Waals surface area contributed by atoms with Gasteiger partial charge in [-0.05, 0) is 36.8 Å². The molecule has 0 aliphatic carbocycles. The maximum Gasteiger partial charge on any atom is 0.234 e. The SMILES string of the molecule is Cc1ccc(Cc2nnc3sc(-c4ccc(N)cc4)nn23)cc1. The first-order valence-corrected chi connectivity index (χ1v) is 8.13. The fourth-order valence-electron chi connectivity index (χ4n) is 2.40. The Bertz CT molecular complexity index is 951. The lowest BCUT2D eigenvalue weighted by atomic mass is 10.1. The van der Waals surface area contributed by atoms with Crippen LogP contribution in [0.5, 0.6) is 0 Å². The number of hydrogen-bond donors (Lipinski definition) is 1. The van der Waals surface area contributed by atoms with Crippen molar-refractivity contribution >= 4 is 22.0 Å². The molecule has 0 unspecified atom stereocenters. The highest BCUT2D eigenvalue weighted by molar-refractivity contribution is 7.19. The van der Waals surface area contributed by atoms with Crippen molar-refractivity contribution in [3.63, 3.8) is 0 Å². The van der Waals surface area contributed by atoms with E-state index in [1.54, 1.807) is 0 Å². The Morgan fingerprint density at radius 3 is 2.48 bits per heavy atom. The highest BCUT2D eigenvalue weighted by atomic mass is 32.1. The topological polar surface area (TPSA) is 69.1 Å². The van der Waals surface area contributed by atoms with E-state index in [2.05, 4.69) is 46.5 Å². The predicted molar refractivity (Wildman–Crippen MR) is 92.5 cm³/mol. The minimum atomic E-state index is 0.715. The van der Waals surface area contributed by atoms with Gasteiger partial charge in [-0.15, -0.1) is 10.2 Å². The van der Waals surface area contributed by atoms with Gasteiger partial charge in [0.25, 0.3) is 0 Å². The first-order chi connectivity index (χ1) is 11.2. The summed E-state index contributed by atoms with van der Waals surface area (Å²) in [5, 5.41) is 14.1. The zero-order valence-electron chi connectivity index (χ0n) is 12.6. The summed E-state index contributed by atoms with van der Waals surface area (Å²) >= 11 is 1.53. The Balaban J connectivity index is 1.69. The van der Waals surface area contributed by atoms with E-state index in [-0.39, 0.29) is 0 Å². The molecule has 4 aromatic rings. The molecule has 0 saturated carbocycles. The molecule has 0 amide bonds. The third-order valence-corrected chi connectivity index (χ3v) is 4.64. The molecule has 114 valence electrons. The molecular weight excluding hydrogens is 306 g/mol. The lowest BCUT2D eigenvalue weighted by Gasteiger charge is -1.99. The number of nitrogens with two attached hydrogens (primary N) is 1. The number of nitrogens with zero attached hydrogens (tertiary/aromatic N) is 4. The maximum atomic E-state index is 5.74. The number of fused-ring (bicyclic) bond motifs is 1. The summed E-state index contributed by atoms with van der Waals surface area (Å²) in [6.07, 6.45) is 0.715. The summed E-state index contributed by atoms with van der Waals surface area (Å²) < 4.78 is 1.83. The van der Waals surface area contributed by atoms with Crippen LogP contribution in [0.25, 0.3) is 15.5 Å². The standard InChI is InChI=1S/C17H15N5S/c1-11-2-4-12(5-3-11)10-15-19-20-17-22(15)21-16(23-17)13-6-8-14(18)9-7-13/h2-9H,10,18H2,1H3. The average molecular weight is 321 g/mol. The molecule has 2 aromatic heterocycles. The zero-order valence-corrected chi connectivity index (χ0v) is 13.4. The molecule has 0 aliphatic heterocycles. The highest BCUT2D eigenvalue weighted by Crippen LogP contribution is 2.26. The summed E-state index contributed by atoms with van der Waals surface area (Å²) in [5.41, 5.74) is 9.97. The van der Waals surface area contributed by atoms with Gasteiger partial charge in [0.05, 0.1) is 0 Å². The van der Waals surface area contributed by atoms with E-state index < -0.39 is 0 Å². The molecule has 6 heteroatoms. The molecule has 0 radical (unpaired) electrons. The molecule has 23 heavy (non-hydrogen) atoms. The minimum Gasteiger partial charge on any atom is -0.399 e. The van der Waals surface area contributed by atoms with Gasteiger partial charge in [-0.25, -0.2) is 0 Å². The highest BCUT2D eigenvalue weighted by Gasteiger charge is 2.13. The Hall–Kier alpha value is -2.73. The van der Waals surface area contributed by atoms with Crippen LogP contribution >= 0.6 is 11.3 Å². The molecule has 2 heterocycles. The number of benzene rings is 2. The van der Waals surface area contributed by atoms with Crippen molar-refractivity contribution < 1.29 is 0 Å². The lowest BCUT2D eigenvalue weighted by Crippen LogP contribution is -1.97. The minimum absolute atomic E-state index is 0.715. The van der Waals surface area contributed by atoms with Crippen LogP contribution in [-0.4, -0.2) is 19.8 Å². The molecule has 0 bridgehead atoms. The molecule has 2 aromatic carbocycles. The monoisotopic (exact) mass is 321 g/mol. The first kappa shape index (κ1) is 13.9. The van der Waals surface area contributed by atoms with Crippen molar-refractivity contribution in [3.8, 4) is 10.6 Å². The van der Waals surface area contributed by atoms with Gasteiger partial charge in [-0.1, -0.05) is 41.2 Å². The van der Waals surface area contributed by atoms with E-state index in [9.17, 15) is 0 Å². The number of aryl methyl sites for hydroxylation is 1. The van der Waals surface area contributed by atoms with Gasteiger partial charge in [0.1, 0.15) is 5.01 Å². The van der Waals surface area contributed by atoms with E-state index in [4.69, 9.17) is 5.73 Å². The first-order valence-electron chi connectivity index (χ1n) is 7.31. The van der Waals surface area contributed by atoms with Crippen molar-refractivity contribution in [1.82, 2.24) is 19.8 Å². The van der Waals surface area contributed by atoms with Crippen LogP contribution in [0.4, 0.5) is 5.69 Å². The number of rotatable bonds is 3. The summed E-state index contributed by atoms with van der Waals surface area (Å²) in [5.74, 6) is 0.849. The Labute approximate surface area is 137 Å². The number of anilines is 1. The molecule has 0 fully saturated rings. The molecular formula is C17H15N5S. The molecule has 0 aliphatic rings. The molecule has 5 nitrogen and oxygen atoms in total. The van der Waals surface area contributed by atoms with E-state index in [0.717, 1.165) is 27.0 Å². The quantitative estimate of drug-likeness (QED) is 0.588. The van der Waals surface area contributed by atoms with E-state index in [1.165, 1.54) is 22.5 Å². The summed E-state index contributed by atoms with van der Waals surface area (Å²) in [7, 11) is 0. The Morgan fingerprint density at radius 2 is 1.74 bits per heavy atom. The van der Waals surface area contributed by atoms with E-state index in [0.29, 0.717) is 6.42 Å². The van der Waals surface area contributed by atoms with Crippen LogP contribution in [0, 0.1) is 6.92 Å².